The average molecular weight is 314 g/mol. The van der Waals surface area contributed by atoms with Gasteiger partial charge in [-0.3, -0.25) is 9.59 Å². The third-order valence-corrected chi connectivity index (χ3v) is 3.71. The standard InChI is InChI=1S/C17H22N4O2/c1-13(20(2)3)11-18-17(23)15-9-10-16(22)21(19-15)12-14-7-5-4-6-8-14/h4-10,13H,11-12H2,1-3H3,(H,18,23)/t13-/m1/s1. The molecular weight excluding hydrogens is 292 g/mol. The van der Waals surface area contributed by atoms with Crippen LogP contribution in [0.5, 0.6) is 0 Å². The van der Waals surface area contributed by atoms with Crippen LogP contribution in [0.15, 0.2) is 47.3 Å². The van der Waals surface area contributed by atoms with Crippen molar-refractivity contribution < 1.29 is 4.79 Å². The van der Waals surface area contributed by atoms with E-state index in [1.807, 2.05) is 56.3 Å². The zero-order valence-electron chi connectivity index (χ0n) is 13.7. The number of nitrogens with one attached hydrogen (secondary N) is 1. The molecule has 6 nitrogen and oxygen atoms in total. The fraction of sp³-hybridized carbons (Fsp3) is 0.353. The number of hydrogen-bond donors (Lipinski definition) is 1. The molecule has 0 saturated carbocycles. The largest absolute Gasteiger partial charge is 0.349 e. The number of nitrogens with zero attached hydrogens (tertiary/aromatic N) is 3. The number of carbonyl (C=O) groups is 1. The molecule has 1 atom stereocenters. The van der Waals surface area contributed by atoms with Gasteiger partial charge in [0.2, 0.25) is 0 Å². The number of likely N-dealkylation sites (N-methyl/N-ethyl adjacent to an activating group) is 1. The second kappa shape index (κ2) is 7.69. The number of amides is 1. The first-order valence-electron chi connectivity index (χ1n) is 7.54. The Morgan fingerprint density at radius 1 is 1.22 bits per heavy atom. The molecule has 0 unspecified atom stereocenters. The van der Waals surface area contributed by atoms with Crippen molar-refractivity contribution in [2.45, 2.75) is 19.5 Å². The summed E-state index contributed by atoms with van der Waals surface area (Å²) < 4.78 is 1.31. The summed E-state index contributed by atoms with van der Waals surface area (Å²) in [5.74, 6) is -0.277. The highest BCUT2D eigenvalue weighted by atomic mass is 16.2. The Bertz CT molecular complexity index is 710. The molecule has 0 aliphatic rings. The summed E-state index contributed by atoms with van der Waals surface area (Å²) in [5.41, 5.74) is 0.972. The average Bonchev–Trinajstić information content (AvgIpc) is 2.55. The van der Waals surface area contributed by atoms with E-state index in [-0.39, 0.29) is 23.2 Å². The van der Waals surface area contributed by atoms with Crippen LogP contribution in [0.1, 0.15) is 23.0 Å². The van der Waals surface area contributed by atoms with Crippen molar-refractivity contribution >= 4 is 5.91 Å². The van der Waals surface area contributed by atoms with E-state index in [2.05, 4.69) is 10.4 Å². The lowest BCUT2D eigenvalue weighted by atomic mass is 10.2. The highest BCUT2D eigenvalue weighted by molar-refractivity contribution is 5.92. The predicted molar refractivity (Wildman–Crippen MR) is 89.5 cm³/mol. The number of aromatic nitrogens is 2. The quantitative estimate of drug-likeness (QED) is 0.863. The fourth-order valence-corrected chi connectivity index (χ4v) is 1.95. The topological polar surface area (TPSA) is 67.2 Å². The Labute approximate surface area is 135 Å². The van der Waals surface area contributed by atoms with Gasteiger partial charge in [0.25, 0.3) is 11.5 Å². The molecule has 6 heteroatoms. The normalized spacial score (nSPS) is 12.2. The molecule has 23 heavy (non-hydrogen) atoms. The lowest BCUT2D eigenvalue weighted by Crippen LogP contribution is -2.39. The van der Waals surface area contributed by atoms with Crippen LogP contribution in [-0.2, 0) is 6.54 Å². The van der Waals surface area contributed by atoms with Crippen molar-refractivity contribution in [3.63, 3.8) is 0 Å². The Morgan fingerprint density at radius 3 is 2.57 bits per heavy atom. The second-order valence-electron chi connectivity index (χ2n) is 5.72. The molecule has 0 saturated heterocycles. The van der Waals surface area contributed by atoms with Gasteiger partial charge in [-0.15, -0.1) is 0 Å². The predicted octanol–water partition coefficient (Wildman–Crippen LogP) is 0.971. The molecule has 0 aliphatic heterocycles. The lowest BCUT2D eigenvalue weighted by molar-refractivity contribution is 0.0936. The Hall–Kier alpha value is -2.47. The molecule has 1 aromatic heterocycles. The van der Waals surface area contributed by atoms with Crippen molar-refractivity contribution in [1.82, 2.24) is 20.0 Å². The molecule has 122 valence electrons. The van der Waals surface area contributed by atoms with Crippen LogP contribution in [0.3, 0.4) is 0 Å². The molecule has 1 N–H and O–H groups in total. The maximum Gasteiger partial charge on any atom is 0.271 e. The second-order valence-corrected chi connectivity index (χ2v) is 5.72. The van der Waals surface area contributed by atoms with E-state index in [4.69, 9.17) is 0 Å². The van der Waals surface area contributed by atoms with Gasteiger partial charge in [0.1, 0.15) is 5.69 Å². The van der Waals surface area contributed by atoms with Crippen LogP contribution in [0.4, 0.5) is 0 Å². The highest BCUT2D eigenvalue weighted by Gasteiger charge is 2.12. The number of rotatable bonds is 6. The number of carbonyl (C=O) groups excluding carboxylic acids is 1. The van der Waals surface area contributed by atoms with E-state index in [0.717, 1.165) is 5.56 Å². The molecule has 0 bridgehead atoms. The minimum atomic E-state index is -0.277. The van der Waals surface area contributed by atoms with Gasteiger partial charge in [-0.25, -0.2) is 4.68 Å². The van der Waals surface area contributed by atoms with E-state index < -0.39 is 0 Å². The van der Waals surface area contributed by atoms with Gasteiger partial charge in [-0.1, -0.05) is 30.3 Å². The summed E-state index contributed by atoms with van der Waals surface area (Å²) in [4.78, 5) is 26.1. The van der Waals surface area contributed by atoms with Crippen LogP contribution in [-0.4, -0.2) is 47.3 Å². The first-order chi connectivity index (χ1) is 11.0. The summed E-state index contributed by atoms with van der Waals surface area (Å²) in [6, 6.07) is 12.6. The van der Waals surface area contributed by atoms with Gasteiger partial charge in [0.05, 0.1) is 6.54 Å². The van der Waals surface area contributed by atoms with Gasteiger partial charge in [0, 0.05) is 18.7 Å². The Balaban J connectivity index is 2.10. The van der Waals surface area contributed by atoms with Crippen molar-refractivity contribution in [2.24, 2.45) is 0 Å². The van der Waals surface area contributed by atoms with Gasteiger partial charge in [-0.05, 0) is 32.6 Å². The fourth-order valence-electron chi connectivity index (χ4n) is 1.95. The molecule has 0 fully saturated rings. The van der Waals surface area contributed by atoms with Crippen LogP contribution in [0.2, 0.25) is 0 Å². The lowest BCUT2D eigenvalue weighted by Gasteiger charge is -2.19. The molecule has 0 aliphatic carbocycles. The zero-order valence-corrected chi connectivity index (χ0v) is 13.7. The first-order valence-corrected chi connectivity index (χ1v) is 7.54. The van der Waals surface area contributed by atoms with Gasteiger partial charge in [0.15, 0.2) is 0 Å². The number of hydrogen-bond acceptors (Lipinski definition) is 4. The van der Waals surface area contributed by atoms with Crippen LogP contribution in [0.25, 0.3) is 0 Å². The maximum absolute atomic E-state index is 12.2. The molecular formula is C17H22N4O2. The van der Waals surface area contributed by atoms with Crippen LogP contribution in [0, 0.1) is 0 Å². The van der Waals surface area contributed by atoms with Crippen LogP contribution < -0.4 is 10.9 Å². The smallest absolute Gasteiger partial charge is 0.271 e. The molecule has 1 amide bonds. The van der Waals surface area contributed by atoms with Gasteiger partial charge < -0.3 is 10.2 Å². The zero-order chi connectivity index (χ0) is 16.8. The van der Waals surface area contributed by atoms with Crippen LogP contribution >= 0.6 is 0 Å². The summed E-state index contributed by atoms with van der Waals surface area (Å²) in [6.45, 7) is 2.88. The monoisotopic (exact) mass is 314 g/mol. The van der Waals surface area contributed by atoms with Crippen molar-refractivity contribution in [3.8, 4) is 0 Å². The summed E-state index contributed by atoms with van der Waals surface area (Å²) in [5, 5.41) is 7.00. The SMILES string of the molecule is C[C@H](CNC(=O)c1ccc(=O)n(Cc2ccccc2)n1)N(C)C. The van der Waals surface area contributed by atoms with Crippen molar-refractivity contribution in [1.29, 1.82) is 0 Å². The van der Waals surface area contributed by atoms with E-state index >= 15 is 0 Å². The molecule has 0 spiro atoms. The summed E-state index contributed by atoms with van der Waals surface area (Å²) in [7, 11) is 3.91. The van der Waals surface area contributed by atoms with E-state index in [1.165, 1.54) is 16.8 Å². The minimum Gasteiger partial charge on any atom is -0.349 e. The van der Waals surface area contributed by atoms with Crippen molar-refractivity contribution in [2.75, 3.05) is 20.6 Å². The first kappa shape index (κ1) is 16.9. The van der Waals surface area contributed by atoms with E-state index in [1.54, 1.807) is 0 Å². The van der Waals surface area contributed by atoms with E-state index in [0.29, 0.717) is 13.1 Å². The molecule has 2 rings (SSSR count). The highest BCUT2D eigenvalue weighted by Crippen LogP contribution is 2.00. The molecule has 1 heterocycles. The van der Waals surface area contributed by atoms with Crippen molar-refractivity contribution in [3.05, 3.63) is 64.1 Å². The maximum atomic E-state index is 12.2. The summed E-state index contributed by atoms with van der Waals surface area (Å²) >= 11 is 0. The Morgan fingerprint density at radius 2 is 1.91 bits per heavy atom. The molecule has 2 aromatic rings. The van der Waals surface area contributed by atoms with E-state index in [9.17, 15) is 9.59 Å². The number of benzene rings is 1. The molecule has 0 radical (unpaired) electrons. The van der Waals surface area contributed by atoms with Gasteiger partial charge in [-0.2, -0.15) is 5.10 Å². The minimum absolute atomic E-state index is 0.217. The third-order valence-electron chi connectivity index (χ3n) is 3.71. The summed E-state index contributed by atoms with van der Waals surface area (Å²) in [6.07, 6.45) is 0. The third kappa shape index (κ3) is 4.75. The van der Waals surface area contributed by atoms with Gasteiger partial charge >= 0.3 is 0 Å². The molecule has 1 aromatic carbocycles. The Kier molecular flexibility index (Phi) is 5.65.